The monoisotopic (exact) mass is 472 g/mol. The Morgan fingerprint density at radius 3 is 2.09 bits per heavy atom. The summed E-state index contributed by atoms with van der Waals surface area (Å²) in [7, 11) is 1.63. The largest absolute Gasteiger partial charge is 0.497 e. The zero-order chi connectivity index (χ0) is 24.0. The number of halogens is 1. The summed E-state index contributed by atoms with van der Waals surface area (Å²) in [5.41, 5.74) is 0.952. The van der Waals surface area contributed by atoms with Crippen LogP contribution >= 0.6 is 11.6 Å². The first kappa shape index (κ1) is 24.5. The summed E-state index contributed by atoms with van der Waals surface area (Å²) in [6, 6.07) is 13.0. The van der Waals surface area contributed by atoms with E-state index in [1.54, 1.807) is 32.2 Å². The normalized spacial score (nSPS) is 11.7. The zero-order valence-electron chi connectivity index (χ0n) is 19.6. The van der Waals surface area contributed by atoms with E-state index in [1.807, 2.05) is 45.0 Å². The third-order valence-electron chi connectivity index (χ3n) is 5.05. The van der Waals surface area contributed by atoms with Gasteiger partial charge in [0.1, 0.15) is 11.9 Å². The number of benzene rings is 3. The maximum absolute atomic E-state index is 12.2. The highest BCUT2D eigenvalue weighted by Crippen LogP contribution is 2.53. The number of carbonyl (C=O) groups is 1. The SMILES string of the molecule is CCOc1c(OCC)c(OC(C)c2ccc(OC)cc2)c2cc(Cl)ccc2c1OC(=O)CC. The van der Waals surface area contributed by atoms with E-state index in [0.717, 1.165) is 11.3 Å². The lowest BCUT2D eigenvalue weighted by Crippen LogP contribution is -2.11. The fourth-order valence-corrected chi connectivity index (χ4v) is 3.60. The van der Waals surface area contributed by atoms with Gasteiger partial charge in [-0.3, -0.25) is 4.79 Å². The quantitative estimate of drug-likeness (QED) is 0.240. The van der Waals surface area contributed by atoms with E-state index >= 15 is 0 Å². The second-order valence-corrected chi connectivity index (χ2v) is 7.67. The summed E-state index contributed by atoms with van der Waals surface area (Å²) in [5, 5.41) is 1.82. The topological polar surface area (TPSA) is 63.2 Å². The van der Waals surface area contributed by atoms with Crippen molar-refractivity contribution in [1.82, 2.24) is 0 Å². The van der Waals surface area contributed by atoms with Gasteiger partial charge in [-0.15, -0.1) is 0 Å². The van der Waals surface area contributed by atoms with Crippen LogP contribution < -0.4 is 23.7 Å². The molecule has 0 saturated carbocycles. The number of rotatable bonds is 10. The molecule has 0 aliphatic rings. The zero-order valence-corrected chi connectivity index (χ0v) is 20.3. The highest BCUT2D eigenvalue weighted by molar-refractivity contribution is 6.31. The molecule has 0 heterocycles. The summed E-state index contributed by atoms with van der Waals surface area (Å²) < 4.78 is 29.3. The van der Waals surface area contributed by atoms with Gasteiger partial charge in [0.25, 0.3) is 0 Å². The van der Waals surface area contributed by atoms with Crippen molar-refractivity contribution in [2.24, 2.45) is 0 Å². The second-order valence-electron chi connectivity index (χ2n) is 7.23. The van der Waals surface area contributed by atoms with Gasteiger partial charge in [-0.1, -0.05) is 30.7 Å². The van der Waals surface area contributed by atoms with Crippen molar-refractivity contribution in [2.75, 3.05) is 20.3 Å². The Hall–Kier alpha value is -3.12. The molecule has 176 valence electrons. The van der Waals surface area contributed by atoms with E-state index < -0.39 is 0 Å². The van der Waals surface area contributed by atoms with Gasteiger partial charge < -0.3 is 23.7 Å². The van der Waals surface area contributed by atoms with Crippen molar-refractivity contribution >= 4 is 28.3 Å². The summed E-state index contributed by atoms with van der Waals surface area (Å²) in [6.07, 6.45) is -0.104. The summed E-state index contributed by atoms with van der Waals surface area (Å²) in [4.78, 5) is 12.2. The molecule has 0 amide bonds. The van der Waals surface area contributed by atoms with E-state index in [0.29, 0.717) is 52.0 Å². The Labute approximate surface area is 199 Å². The molecule has 0 aliphatic carbocycles. The number of fused-ring (bicyclic) bond motifs is 1. The molecule has 0 spiro atoms. The van der Waals surface area contributed by atoms with Gasteiger partial charge in [-0.05, 0) is 56.7 Å². The lowest BCUT2D eigenvalue weighted by atomic mass is 10.1. The molecule has 0 saturated heterocycles. The van der Waals surface area contributed by atoms with Crippen LogP contribution in [0.3, 0.4) is 0 Å². The molecule has 0 bridgehead atoms. The molecule has 3 rings (SSSR count). The third kappa shape index (κ3) is 5.45. The molecule has 1 unspecified atom stereocenters. The van der Waals surface area contributed by atoms with Crippen molar-refractivity contribution in [2.45, 2.75) is 40.2 Å². The van der Waals surface area contributed by atoms with Gasteiger partial charge in [-0.2, -0.15) is 0 Å². The number of hydrogen-bond donors (Lipinski definition) is 0. The molecule has 0 aromatic heterocycles. The first-order chi connectivity index (χ1) is 15.9. The second kappa shape index (κ2) is 11.1. The predicted octanol–water partition coefficient (Wildman–Crippen LogP) is 6.75. The summed E-state index contributed by atoms with van der Waals surface area (Å²) >= 11 is 6.34. The number of methoxy groups -OCH3 is 1. The molecule has 0 radical (unpaired) electrons. The van der Waals surface area contributed by atoms with Gasteiger partial charge in [0.05, 0.1) is 20.3 Å². The van der Waals surface area contributed by atoms with Crippen molar-refractivity contribution < 1.29 is 28.5 Å². The predicted molar refractivity (Wildman–Crippen MR) is 129 cm³/mol. The smallest absolute Gasteiger partial charge is 0.311 e. The molecule has 0 N–H and O–H groups in total. The molecule has 1 atom stereocenters. The van der Waals surface area contributed by atoms with Gasteiger partial charge in [0, 0.05) is 22.2 Å². The van der Waals surface area contributed by atoms with Crippen molar-refractivity contribution in [3.8, 4) is 28.7 Å². The van der Waals surface area contributed by atoms with Crippen LogP contribution in [0.25, 0.3) is 10.8 Å². The number of esters is 1. The van der Waals surface area contributed by atoms with Crippen LogP contribution in [0, 0.1) is 0 Å². The molecule has 3 aromatic rings. The lowest BCUT2D eigenvalue weighted by molar-refractivity contribution is -0.134. The van der Waals surface area contributed by atoms with E-state index in [2.05, 4.69) is 0 Å². The lowest BCUT2D eigenvalue weighted by Gasteiger charge is -2.24. The van der Waals surface area contributed by atoms with Gasteiger partial charge in [0.15, 0.2) is 11.5 Å². The first-order valence-electron chi connectivity index (χ1n) is 11.0. The Bertz CT molecular complexity index is 1110. The Kier molecular flexibility index (Phi) is 8.28. The molecule has 0 aliphatic heterocycles. The fraction of sp³-hybridized carbons (Fsp3) is 0.346. The minimum atomic E-state index is -0.380. The average Bonchev–Trinajstić information content (AvgIpc) is 2.83. The number of hydrogen-bond acceptors (Lipinski definition) is 6. The molecule has 3 aromatic carbocycles. The molecular formula is C26H29ClO6. The van der Waals surface area contributed by atoms with Crippen LogP contribution in [0.15, 0.2) is 42.5 Å². The molecule has 6 nitrogen and oxygen atoms in total. The number of ether oxygens (including phenoxy) is 5. The Balaban J connectivity index is 2.22. The Morgan fingerprint density at radius 2 is 1.52 bits per heavy atom. The van der Waals surface area contributed by atoms with Crippen LogP contribution in [0.1, 0.15) is 45.8 Å². The minimum Gasteiger partial charge on any atom is -0.497 e. The standard InChI is InChI=1S/C26H29ClO6/c1-6-22(28)33-23-20-14-11-18(27)15-21(20)24(26(31-8-3)25(23)30-7-2)32-16(4)17-9-12-19(29-5)13-10-17/h9-16H,6-8H2,1-5H3. The van der Waals surface area contributed by atoms with Crippen LogP contribution in [0.2, 0.25) is 5.02 Å². The van der Waals surface area contributed by atoms with Gasteiger partial charge in [0.2, 0.25) is 11.5 Å². The van der Waals surface area contributed by atoms with E-state index in [-0.39, 0.29) is 18.5 Å². The third-order valence-corrected chi connectivity index (χ3v) is 5.29. The van der Waals surface area contributed by atoms with Gasteiger partial charge >= 0.3 is 5.97 Å². The maximum atomic E-state index is 12.2. The molecule has 0 fully saturated rings. The molecular weight excluding hydrogens is 444 g/mol. The van der Waals surface area contributed by atoms with Crippen molar-refractivity contribution in [1.29, 1.82) is 0 Å². The maximum Gasteiger partial charge on any atom is 0.311 e. The highest BCUT2D eigenvalue weighted by Gasteiger charge is 2.27. The van der Waals surface area contributed by atoms with Crippen LogP contribution in [-0.4, -0.2) is 26.3 Å². The van der Waals surface area contributed by atoms with Crippen LogP contribution in [0.5, 0.6) is 28.7 Å². The fourth-order valence-electron chi connectivity index (χ4n) is 3.43. The van der Waals surface area contributed by atoms with E-state index in [9.17, 15) is 4.79 Å². The first-order valence-corrected chi connectivity index (χ1v) is 11.4. The van der Waals surface area contributed by atoms with Crippen molar-refractivity contribution in [3.05, 3.63) is 53.1 Å². The minimum absolute atomic E-state index is 0.220. The van der Waals surface area contributed by atoms with Crippen LogP contribution in [-0.2, 0) is 4.79 Å². The summed E-state index contributed by atoms with van der Waals surface area (Å²) in [5.74, 6) is 1.84. The average molecular weight is 473 g/mol. The molecule has 33 heavy (non-hydrogen) atoms. The van der Waals surface area contributed by atoms with Crippen LogP contribution in [0.4, 0.5) is 0 Å². The Morgan fingerprint density at radius 1 is 0.879 bits per heavy atom. The van der Waals surface area contributed by atoms with Crippen molar-refractivity contribution in [3.63, 3.8) is 0 Å². The van der Waals surface area contributed by atoms with Gasteiger partial charge in [-0.25, -0.2) is 0 Å². The molecule has 7 heteroatoms. The number of carbonyl (C=O) groups excluding carboxylic acids is 1. The van der Waals surface area contributed by atoms with E-state index in [1.165, 1.54) is 0 Å². The van der Waals surface area contributed by atoms with E-state index in [4.69, 9.17) is 35.3 Å². The summed E-state index contributed by atoms with van der Waals surface area (Å²) in [6.45, 7) is 8.11. The highest BCUT2D eigenvalue weighted by atomic mass is 35.5.